The van der Waals surface area contributed by atoms with Crippen LogP contribution in [-0.4, -0.2) is 8.07 Å². The van der Waals surface area contributed by atoms with Gasteiger partial charge in [-0.1, -0.05) is 188 Å². The van der Waals surface area contributed by atoms with E-state index in [2.05, 4.69) is 175 Å². The molecule has 0 atom stereocenters. The van der Waals surface area contributed by atoms with Crippen LogP contribution >= 0.6 is 0 Å². The zero-order chi connectivity index (χ0) is 43.5. The maximum Gasteiger partial charge on any atom is 0.179 e. The third kappa shape index (κ3) is 5.94. The Labute approximate surface area is 351 Å². The Bertz CT molecular complexity index is 3440. The summed E-state index contributed by atoms with van der Waals surface area (Å²) in [6.07, 6.45) is 0. The zero-order valence-electron chi connectivity index (χ0n) is 37.0. The summed E-state index contributed by atoms with van der Waals surface area (Å²) in [7, 11) is -2.81. The summed E-state index contributed by atoms with van der Waals surface area (Å²) >= 11 is 0. The first kappa shape index (κ1) is 29.7. The Balaban J connectivity index is 1.12. The first-order valence-corrected chi connectivity index (χ1v) is 21.8. The lowest BCUT2D eigenvalue weighted by Gasteiger charge is -2.34. The molecular weight excluding hydrogens is 731 g/mol. The van der Waals surface area contributed by atoms with Gasteiger partial charge in [0.05, 0.1) is 6.85 Å². The molecule has 59 heavy (non-hydrogen) atoms. The minimum Gasteiger partial charge on any atom is -0.455 e. The molecule has 0 saturated carbocycles. The van der Waals surface area contributed by atoms with Crippen molar-refractivity contribution in [2.24, 2.45) is 0 Å². The molecule has 2 nitrogen and oxygen atoms in total. The van der Waals surface area contributed by atoms with Crippen molar-refractivity contribution < 1.29 is 11.3 Å². The average molecular weight is 775 g/mol. The van der Waals surface area contributed by atoms with Crippen LogP contribution in [0, 0.1) is 0 Å². The van der Waals surface area contributed by atoms with Crippen LogP contribution in [0.4, 0.5) is 17.1 Å². The van der Waals surface area contributed by atoms with Crippen molar-refractivity contribution in [2.45, 2.75) is 0 Å². The van der Waals surface area contributed by atoms with E-state index in [1.807, 2.05) is 36.4 Å². The van der Waals surface area contributed by atoms with Crippen molar-refractivity contribution in [3.63, 3.8) is 0 Å². The highest BCUT2D eigenvalue weighted by atomic mass is 28.3. The summed E-state index contributed by atoms with van der Waals surface area (Å²) < 4.78 is 48.8. The van der Waals surface area contributed by atoms with Crippen LogP contribution in [0.3, 0.4) is 0 Å². The molecule has 278 valence electrons. The molecular formula is C56H39NOSi. The molecule has 1 aromatic heterocycles. The van der Waals surface area contributed by atoms with Crippen LogP contribution in [0.25, 0.3) is 54.6 Å². The molecule has 11 rings (SSSR count). The van der Waals surface area contributed by atoms with E-state index in [1.54, 1.807) is 0 Å². The fraction of sp³-hybridized carbons (Fsp3) is 0. The van der Waals surface area contributed by atoms with Crippen LogP contribution in [0.15, 0.2) is 241 Å². The lowest BCUT2D eigenvalue weighted by Crippen LogP contribution is -2.74. The maximum absolute atomic E-state index is 8.67. The molecule has 0 saturated heterocycles. The number of furan rings is 1. The quantitative estimate of drug-likeness (QED) is 0.113. The van der Waals surface area contributed by atoms with Crippen molar-refractivity contribution in [3.05, 3.63) is 236 Å². The smallest absolute Gasteiger partial charge is 0.179 e. The molecule has 10 aromatic carbocycles. The molecule has 3 heteroatoms. The minimum absolute atomic E-state index is 0.168. The number of fused-ring (bicyclic) bond motifs is 6. The topological polar surface area (TPSA) is 16.4 Å². The van der Waals surface area contributed by atoms with Crippen LogP contribution in [0.2, 0.25) is 0 Å². The molecule has 0 amide bonds. The summed E-state index contributed by atoms with van der Waals surface area (Å²) in [6.45, 7) is 0. The van der Waals surface area contributed by atoms with Gasteiger partial charge in [0.2, 0.25) is 0 Å². The molecule has 0 aliphatic heterocycles. The second-order valence-corrected chi connectivity index (χ2v) is 18.7. The minimum atomic E-state index is -2.81. The number of nitrogens with zero attached hydrogens (tertiary/aromatic N) is 1. The number of hydrogen-bond acceptors (Lipinski definition) is 2. The Morgan fingerprint density at radius 1 is 0.373 bits per heavy atom. The fourth-order valence-corrected chi connectivity index (χ4v) is 13.7. The van der Waals surface area contributed by atoms with E-state index in [-0.39, 0.29) is 29.7 Å². The van der Waals surface area contributed by atoms with Gasteiger partial charge < -0.3 is 9.32 Å². The Morgan fingerprint density at radius 2 is 0.932 bits per heavy atom. The van der Waals surface area contributed by atoms with Crippen LogP contribution in [0.5, 0.6) is 0 Å². The second kappa shape index (κ2) is 14.5. The highest BCUT2D eigenvalue weighted by Crippen LogP contribution is 2.41. The SMILES string of the molecule is [2H]c1c([2H])c([2H])c(-c2ccc(N(c3ccc4ccc([Si](c5ccccc5)(c5ccccc5)c5ccccc5)cc4c3)c3ccc4c(c3)oc3c5ccccc5ccc43)cc2)c([2H])c1[2H]. The zero-order valence-corrected chi connectivity index (χ0v) is 33.0. The van der Waals surface area contributed by atoms with Crippen LogP contribution in [0.1, 0.15) is 6.85 Å². The van der Waals surface area contributed by atoms with Crippen molar-refractivity contribution >= 4 is 89.4 Å². The molecule has 0 spiro atoms. The Morgan fingerprint density at radius 3 is 1.63 bits per heavy atom. The monoisotopic (exact) mass is 774 g/mol. The summed E-state index contributed by atoms with van der Waals surface area (Å²) in [5.41, 5.74) is 4.94. The molecule has 1 heterocycles. The van der Waals surface area contributed by atoms with Gasteiger partial charge in [0, 0.05) is 39.3 Å². The normalized spacial score (nSPS) is 12.9. The summed E-state index contributed by atoms with van der Waals surface area (Å²) in [4.78, 5) is 2.19. The van der Waals surface area contributed by atoms with Crippen LogP contribution in [-0.2, 0) is 0 Å². The molecule has 0 aliphatic rings. The maximum atomic E-state index is 8.67. The number of rotatable bonds is 8. The van der Waals surface area contributed by atoms with E-state index >= 15 is 0 Å². The molecule has 0 bridgehead atoms. The first-order valence-electron chi connectivity index (χ1n) is 22.3. The summed E-state index contributed by atoms with van der Waals surface area (Å²) in [5.74, 6) is 0. The molecule has 0 fully saturated rings. The predicted octanol–water partition coefficient (Wildman–Crippen LogP) is 12.4. The predicted molar refractivity (Wildman–Crippen MR) is 252 cm³/mol. The number of benzene rings is 10. The molecule has 11 aromatic rings. The third-order valence-electron chi connectivity index (χ3n) is 11.7. The Kier molecular flexibility index (Phi) is 7.30. The molecule has 0 unspecified atom stereocenters. The van der Waals surface area contributed by atoms with Gasteiger partial charge in [-0.15, -0.1) is 0 Å². The van der Waals surface area contributed by atoms with E-state index < -0.39 is 14.1 Å². The first-order chi connectivity index (χ1) is 31.3. The highest BCUT2D eigenvalue weighted by molar-refractivity contribution is 7.20. The van der Waals surface area contributed by atoms with E-state index in [1.165, 1.54) is 20.7 Å². The van der Waals surface area contributed by atoms with Crippen LogP contribution < -0.4 is 25.6 Å². The number of hydrogen-bond donors (Lipinski definition) is 0. The number of anilines is 3. The van der Waals surface area contributed by atoms with Gasteiger partial charge in [-0.25, -0.2) is 0 Å². The van der Waals surface area contributed by atoms with Gasteiger partial charge in [-0.05, 0) is 90.5 Å². The second-order valence-electron chi connectivity index (χ2n) is 14.9. The van der Waals surface area contributed by atoms with E-state index in [0.29, 0.717) is 5.56 Å². The lowest BCUT2D eigenvalue weighted by atomic mass is 10.0. The van der Waals surface area contributed by atoms with Gasteiger partial charge in [-0.2, -0.15) is 0 Å². The average Bonchev–Trinajstić information content (AvgIpc) is 3.73. The van der Waals surface area contributed by atoms with Gasteiger partial charge in [-0.3, -0.25) is 0 Å². The van der Waals surface area contributed by atoms with Crippen molar-refractivity contribution in [2.75, 3.05) is 4.90 Å². The van der Waals surface area contributed by atoms with Crippen molar-refractivity contribution in [3.8, 4) is 11.1 Å². The highest BCUT2D eigenvalue weighted by Gasteiger charge is 2.41. The van der Waals surface area contributed by atoms with E-state index in [4.69, 9.17) is 11.3 Å². The van der Waals surface area contributed by atoms with Gasteiger partial charge in [0.25, 0.3) is 0 Å². The largest absolute Gasteiger partial charge is 0.455 e. The summed E-state index contributed by atoms with van der Waals surface area (Å²) in [5, 5.41) is 11.6. The third-order valence-corrected chi connectivity index (χ3v) is 16.4. The summed E-state index contributed by atoms with van der Waals surface area (Å²) in [6, 6.07) is 71.1. The van der Waals surface area contributed by atoms with Gasteiger partial charge >= 0.3 is 0 Å². The van der Waals surface area contributed by atoms with E-state index in [0.717, 1.165) is 60.5 Å². The standard InChI is InChI=1S/C56H39NOSi/c1-5-15-40(16-6-1)41-25-30-45(31-26-41)57(47-33-36-53-54-35-29-43-17-13-14-24-52(43)56(54)58-55(53)39-47)46-32-27-42-28-34-51(38-44(42)37-46)59(48-18-7-2-8-19-48,49-20-9-3-10-21-49)50-22-11-4-12-23-50/h1-39H/i1D,5D,6D,15D,16D. The lowest BCUT2D eigenvalue weighted by molar-refractivity contribution is 0.672. The molecule has 0 aliphatic carbocycles. The van der Waals surface area contributed by atoms with E-state index in [9.17, 15) is 0 Å². The van der Waals surface area contributed by atoms with Gasteiger partial charge in [0.1, 0.15) is 11.2 Å². The van der Waals surface area contributed by atoms with Gasteiger partial charge in [0.15, 0.2) is 8.07 Å². The van der Waals surface area contributed by atoms with Crippen molar-refractivity contribution in [1.29, 1.82) is 0 Å². The Hall–Kier alpha value is -7.46. The molecule has 0 radical (unpaired) electrons. The fourth-order valence-electron chi connectivity index (χ4n) is 8.92. The molecule has 0 N–H and O–H groups in total. The van der Waals surface area contributed by atoms with Crippen molar-refractivity contribution in [1.82, 2.24) is 0 Å².